The molecule has 2 aromatic heterocycles. The van der Waals surface area contributed by atoms with Crippen molar-refractivity contribution in [3.8, 4) is 11.5 Å². The van der Waals surface area contributed by atoms with Crippen LogP contribution in [0.4, 0.5) is 0 Å². The molecule has 1 unspecified atom stereocenters. The summed E-state index contributed by atoms with van der Waals surface area (Å²) in [5.74, 6) is -0.101. The second-order valence-electron chi connectivity index (χ2n) is 5.14. The molecule has 1 saturated heterocycles. The van der Waals surface area contributed by atoms with Crippen molar-refractivity contribution in [3.63, 3.8) is 0 Å². The van der Waals surface area contributed by atoms with Gasteiger partial charge in [0.05, 0.1) is 12.5 Å². The first-order valence-corrected chi connectivity index (χ1v) is 6.91. The highest BCUT2D eigenvalue weighted by Crippen LogP contribution is 2.19. The van der Waals surface area contributed by atoms with Gasteiger partial charge in [-0.3, -0.25) is 14.7 Å². The van der Waals surface area contributed by atoms with Crippen LogP contribution in [0.25, 0.3) is 11.5 Å². The zero-order valence-corrected chi connectivity index (χ0v) is 11.5. The monoisotopic (exact) mass is 288 g/mol. The van der Waals surface area contributed by atoms with Crippen LogP contribution in [0, 0.1) is 5.92 Å². The first-order valence-electron chi connectivity index (χ1n) is 6.91. The van der Waals surface area contributed by atoms with Gasteiger partial charge in [0, 0.05) is 12.7 Å². The minimum absolute atomic E-state index is 0.308. The van der Waals surface area contributed by atoms with Crippen LogP contribution in [-0.4, -0.2) is 44.2 Å². The van der Waals surface area contributed by atoms with Gasteiger partial charge in [-0.25, -0.2) is 0 Å². The van der Waals surface area contributed by atoms with Gasteiger partial charge in [0.1, 0.15) is 5.69 Å². The average Bonchev–Trinajstić information content (AvgIpc) is 2.97. The summed E-state index contributed by atoms with van der Waals surface area (Å²) >= 11 is 0. The van der Waals surface area contributed by atoms with Crippen molar-refractivity contribution in [3.05, 3.63) is 30.3 Å². The third-order valence-corrected chi connectivity index (χ3v) is 3.58. The Labute approximate surface area is 121 Å². The van der Waals surface area contributed by atoms with Crippen molar-refractivity contribution in [2.24, 2.45) is 5.92 Å². The SMILES string of the molecule is O=C(O)C1CCCN(Cc2nc(-c3ccccn3)no2)C1. The molecule has 3 heterocycles. The predicted molar refractivity (Wildman–Crippen MR) is 73.2 cm³/mol. The molecule has 7 nitrogen and oxygen atoms in total. The van der Waals surface area contributed by atoms with E-state index in [0.29, 0.717) is 30.5 Å². The van der Waals surface area contributed by atoms with E-state index >= 15 is 0 Å². The lowest BCUT2D eigenvalue weighted by atomic mass is 9.98. The molecule has 1 fully saturated rings. The molecule has 0 amide bonds. The maximum absolute atomic E-state index is 11.1. The standard InChI is InChI=1S/C14H16N4O3/c19-14(20)10-4-3-7-18(8-10)9-12-16-13(17-21-12)11-5-1-2-6-15-11/h1-2,5-6,10H,3-4,7-9H2,(H,19,20). The van der Waals surface area contributed by atoms with E-state index in [4.69, 9.17) is 9.63 Å². The Balaban J connectivity index is 1.66. The molecule has 0 bridgehead atoms. The Morgan fingerprint density at radius 3 is 3.14 bits per heavy atom. The van der Waals surface area contributed by atoms with Gasteiger partial charge < -0.3 is 9.63 Å². The lowest BCUT2D eigenvalue weighted by Crippen LogP contribution is -2.38. The van der Waals surface area contributed by atoms with Crippen molar-refractivity contribution in [1.29, 1.82) is 0 Å². The molecule has 0 aliphatic carbocycles. The van der Waals surface area contributed by atoms with Gasteiger partial charge in [-0.05, 0) is 31.5 Å². The average molecular weight is 288 g/mol. The van der Waals surface area contributed by atoms with Crippen LogP contribution in [0.1, 0.15) is 18.7 Å². The number of carboxylic acids is 1. The van der Waals surface area contributed by atoms with E-state index in [9.17, 15) is 4.79 Å². The highest BCUT2D eigenvalue weighted by atomic mass is 16.5. The fraction of sp³-hybridized carbons (Fsp3) is 0.429. The zero-order chi connectivity index (χ0) is 14.7. The number of rotatable bonds is 4. The van der Waals surface area contributed by atoms with Gasteiger partial charge in [-0.1, -0.05) is 11.2 Å². The second-order valence-corrected chi connectivity index (χ2v) is 5.14. The molecule has 0 spiro atoms. The Morgan fingerprint density at radius 1 is 1.48 bits per heavy atom. The molecule has 7 heteroatoms. The summed E-state index contributed by atoms with van der Waals surface area (Å²) in [4.78, 5) is 21.6. The molecule has 1 aliphatic heterocycles. The molecule has 0 saturated carbocycles. The highest BCUT2D eigenvalue weighted by Gasteiger charge is 2.26. The lowest BCUT2D eigenvalue weighted by Gasteiger charge is -2.29. The summed E-state index contributed by atoms with van der Waals surface area (Å²) in [5.41, 5.74) is 0.662. The zero-order valence-electron chi connectivity index (χ0n) is 11.5. The van der Waals surface area contributed by atoms with E-state index in [0.717, 1.165) is 19.4 Å². The van der Waals surface area contributed by atoms with E-state index < -0.39 is 5.97 Å². The highest BCUT2D eigenvalue weighted by molar-refractivity contribution is 5.70. The summed E-state index contributed by atoms with van der Waals surface area (Å²) in [6.07, 6.45) is 3.28. The minimum Gasteiger partial charge on any atom is -0.481 e. The maximum atomic E-state index is 11.1. The number of carboxylic acid groups (broad SMARTS) is 1. The molecular formula is C14H16N4O3. The Hall–Kier alpha value is -2.28. The number of pyridine rings is 1. The normalized spacial score (nSPS) is 19.5. The van der Waals surface area contributed by atoms with Crippen molar-refractivity contribution in [2.45, 2.75) is 19.4 Å². The van der Waals surface area contributed by atoms with E-state index in [1.54, 1.807) is 6.20 Å². The van der Waals surface area contributed by atoms with Crippen molar-refractivity contribution in [1.82, 2.24) is 20.0 Å². The fourth-order valence-corrected chi connectivity index (χ4v) is 2.51. The van der Waals surface area contributed by atoms with E-state index in [1.165, 1.54) is 0 Å². The fourth-order valence-electron chi connectivity index (χ4n) is 2.51. The van der Waals surface area contributed by atoms with Crippen LogP contribution in [0.5, 0.6) is 0 Å². The van der Waals surface area contributed by atoms with Crippen LogP contribution >= 0.6 is 0 Å². The van der Waals surface area contributed by atoms with E-state index in [1.807, 2.05) is 23.1 Å². The van der Waals surface area contributed by atoms with E-state index in [-0.39, 0.29) is 5.92 Å². The summed E-state index contributed by atoms with van der Waals surface area (Å²) in [6, 6.07) is 5.50. The maximum Gasteiger partial charge on any atom is 0.307 e. The van der Waals surface area contributed by atoms with Crippen LogP contribution < -0.4 is 0 Å². The predicted octanol–water partition coefficient (Wildman–Crippen LogP) is 1.43. The number of likely N-dealkylation sites (tertiary alicyclic amines) is 1. The molecule has 110 valence electrons. The van der Waals surface area contributed by atoms with Gasteiger partial charge in [0.15, 0.2) is 0 Å². The van der Waals surface area contributed by atoms with Crippen molar-refractivity contribution in [2.75, 3.05) is 13.1 Å². The van der Waals surface area contributed by atoms with Crippen LogP contribution in [0.2, 0.25) is 0 Å². The Bertz CT molecular complexity index is 614. The van der Waals surface area contributed by atoms with Gasteiger partial charge in [-0.15, -0.1) is 0 Å². The number of hydrogen-bond acceptors (Lipinski definition) is 6. The molecule has 2 aromatic rings. The third-order valence-electron chi connectivity index (χ3n) is 3.58. The molecule has 0 radical (unpaired) electrons. The second kappa shape index (κ2) is 6.01. The van der Waals surface area contributed by atoms with Gasteiger partial charge in [0.2, 0.25) is 11.7 Å². The molecule has 3 rings (SSSR count). The van der Waals surface area contributed by atoms with Crippen molar-refractivity contribution < 1.29 is 14.4 Å². The quantitative estimate of drug-likeness (QED) is 0.909. The van der Waals surface area contributed by atoms with Gasteiger partial charge in [0.25, 0.3) is 0 Å². The Morgan fingerprint density at radius 2 is 2.38 bits per heavy atom. The van der Waals surface area contributed by atoms with E-state index in [2.05, 4.69) is 15.1 Å². The summed E-state index contributed by atoms with van der Waals surface area (Å²) in [5, 5.41) is 13.0. The molecule has 0 aromatic carbocycles. The number of piperidine rings is 1. The topological polar surface area (TPSA) is 92.3 Å². The molecule has 21 heavy (non-hydrogen) atoms. The van der Waals surface area contributed by atoms with Gasteiger partial charge >= 0.3 is 5.97 Å². The summed E-state index contributed by atoms with van der Waals surface area (Å²) in [7, 11) is 0. The molecule has 1 atom stereocenters. The summed E-state index contributed by atoms with van der Waals surface area (Å²) < 4.78 is 5.23. The number of nitrogens with zero attached hydrogens (tertiary/aromatic N) is 4. The van der Waals surface area contributed by atoms with Crippen LogP contribution in [-0.2, 0) is 11.3 Å². The lowest BCUT2D eigenvalue weighted by molar-refractivity contribution is -0.143. The van der Waals surface area contributed by atoms with Gasteiger partial charge in [-0.2, -0.15) is 4.98 Å². The first-order chi connectivity index (χ1) is 10.2. The minimum atomic E-state index is -0.737. The number of aliphatic carboxylic acids is 1. The largest absolute Gasteiger partial charge is 0.481 e. The number of hydrogen-bond donors (Lipinski definition) is 1. The van der Waals surface area contributed by atoms with Crippen LogP contribution in [0.3, 0.4) is 0 Å². The summed E-state index contributed by atoms with van der Waals surface area (Å²) in [6.45, 7) is 1.85. The number of aromatic nitrogens is 3. The van der Waals surface area contributed by atoms with Crippen LogP contribution in [0.15, 0.2) is 28.9 Å². The first kappa shape index (κ1) is 13.7. The molecule has 1 aliphatic rings. The Kier molecular flexibility index (Phi) is 3.92. The third kappa shape index (κ3) is 3.25. The molecule has 1 N–H and O–H groups in total. The number of carbonyl (C=O) groups is 1. The van der Waals surface area contributed by atoms with Crippen molar-refractivity contribution >= 4 is 5.97 Å². The molecular weight excluding hydrogens is 272 g/mol. The smallest absolute Gasteiger partial charge is 0.307 e.